The SMILES string of the molecule is Cc1sc2nc(NN=Cc3ccccc3)n(C)c(=O)c2c1C. The third kappa shape index (κ3) is 2.53. The summed E-state index contributed by atoms with van der Waals surface area (Å²) in [7, 11) is 1.70. The first kappa shape index (κ1) is 14.5. The van der Waals surface area contributed by atoms with Crippen LogP contribution in [0.3, 0.4) is 0 Å². The van der Waals surface area contributed by atoms with Crippen LogP contribution in [0, 0.1) is 13.8 Å². The second kappa shape index (κ2) is 5.73. The van der Waals surface area contributed by atoms with E-state index in [1.807, 2.05) is 44.2 Å². The molecule has 3 rings (SSSR count). The van der Waals surface area contributed by atoms with Crippen LogP contribution in [0.1, 0.15) is 16.0 Å². The van der Waals surface area contributed by atoms with E-state index >= 15 is 0 Å². The highest BCUT2D eigenvalue weighted by atomic mass is 32.1. The average molecular weight is 312 g/mol. The molecule has 3 aromatic rings. The maximum atomic E-state index is 12.5. The van der Waals surface area contributed by atoms with Crippen molar-refractivity contribution in [3.8, 4) is 0 Å². The van der Waals surface area contributed by atoms with Gasteiger partial charge in [-0.3, -0.25) is 9.36 Å². The van der Waals surface area contributed by atoms with Gasteiger partial charge in [0, 0.05) is 11.9 Å². The van der Waals surface area contributed by atoms with Gasteiger partial charge in [-0.05, 0) is 25.0 Å². The number of aromatic nitrogens is 2. The van der Waals surface area contributed by atoms with Crippen LogP contribution in [0.5, 0.6) is 0 Å². The van der Waals surface area contributed by atoms with Gasteiger partial charge in [-0.2, -0.15) is 5.10 Å². The Hall–Kier alpha value is -2.47. The molecule has 0 radical (unpaired) electrons. The first-order valence-corrected chi connectivity index (χ1v) is 7.70. The van der Waals surface area contributed by atoms with Crippen molar-refractivity contribution < 1.29 is 0 Å². The third-order valence-corrected chi connectivity index (χ3v) is 4.69. The van der Waals surface area contributed by atoms with Crippen molar-refractivity contribution in [1.29, 1.82) is 0 Å². The van der Waals surface area contributed by atoms with E-state index in [0.29, 0.717) is 11.3 Å². The largest absolute Gasteiger partial charge is 0.280 e. The van der Waals surface area contributed by atoms with E-state index in [4.69, 9.17) is 0 Å². The normalized spacial score (nSPS) is 11.4. The van der Waals surface area contributed by atoms with Gasteiger partial charge >= 0.3 is 0 Å². The van der Waals surface area contributed by atoms with E-state index in [9.17, 15) is 4.79 Å². The number of nitrogens with one attached hydrogen (secondary N) is 1. The molecule has 5 nitrogen and oxygen atoms in total. The van der Waals surface area contributed by atoms with E-state index in [1.165, 1.54) is 15.9 Å². The Labute approximate surface area is 131 Å². The number of hydrazone groups is 1. The molecule has 0 amide bonds. The Balaban J connectivity index is 1.96. The maximum Gasteiger partial charge on any atom is 0.263 e. The molecule has 0 fully saturated rings. The van der Waals surface area contributed by atoms with E-state index in [1.54, 1.807) is 13.3 Å². The van der Waals surface area contributed by atoms with Crippen LogP contribution in [-0.4, -0.2) is 15.8 Å². The zero-order valence-corrected chi connectivity index (χ0v) is 13.4. The lowest BCUT2D eigenvalue weighted by Crippen LogP contribution is -2.21. The van der Waals surface area contributed by atoms with Gasteiger partial charge < -0.3 is 0 Å². The van der Waals surface area contributed by atoms with Crippen molar-refractivity contribution in [3.05, 3.63) is 56.7 Å². The van der Waals surface area contributed by atoms with Crippen molar-refractivity contribution >= 4 is 33.7 Å². The minimum atomic E-state index is -0.0516. The first-order valence-electron chi connectivity index (χ1n) is 6.89. The zero-order valence-electron chi connectivity index (χ0n) is 12.6. The molecule has 0 bridgehead atoms. The van der Waals surface area contributed by atoms with Gasteiger partial charge in [0.25, 0.3) is 5.56 Å². The minimum Gasteiger partial charge on any atom is -0.280 e. The van der Waals surface area contributed by atoms with Crippen molar-refractivity contribution in [2.24, 2.45) is 12.1 Å². The second-order valence-corrected chi connectivity index (χ2v) is 6.25. The van der Waals surface area contributed by atoms with Crippen molar-refractivity contribution in [3.63, 3.8) is 0 Å². The summed E-state index contributed by atoms with van der Waals surface area (Å²) in [6.07, 6.45) is 1.70. The summed E-state index contributed by atoms with van der Waals surface area (Å²) in [6, 6.07) is 9.74. The fraction of sp³-hybridized carbons (Fsp3) is 0.188. The summed E-state index contributed by atoms with van der Waals surface area (Å²) >= 11 is 1.53. The molecule has 1 N–H and O–H groups in total. The van der Waals surface area contributed by atoms with E-state index < -0.39 is 0 Å². The Morgan fingerprint density at radius 2 is 2.00 bits per heavy atom. The van der Waals surface area contributed by atoms with Gasteiger partial charge in [-0.25, -0.2) is 10.4 Å². The first-order chi connectivity index (χ1) is 10.6. The number of fused-ring (bicyclic) bond motifs is 1. The lowest BCUT2D eigenvalue weighted by Gasteiger charge is -2.06. The molecule has 22 heavy (non-hydrogen) atoms. The molecule has 2 aromatic heterocycles. The van der Waals surface area contributed by atoms with Crippen molar-refractivity contribution in [1.82, 2.24) is 9.55 Å². The topological polar surface area (TPSA) is 59.3 Å². The lowest BCUT2D eigenvalue weighted by atomic mass is 10.2. The number of thiophene rings is 1. The molecule has 6 heteroatoms. The molecule has 0 unspecified atom stereocenters. The molecule has 0 aliphatic rings. The van der Waals surface area contributed by atoms with Crippen molar-refractivity contribution in [2.45, 2.75) is 13.8 Å². The van der Waals surface area contributed by atoms with Gasteiger partial charge in [0.2, 0.25) is 5.95 Å². The monoisotopic (exact) mass is 312 g/mol. The van der Waals surface area contributed by atoms with Crippen LogP contribution in [0.4, 0.5) is 5.95 Å². The predicted molar refractivity (Wildman–Crippen MR) is 92.0 cm³/mol. The smallest absolute Gasteiger partial charge is 0.263 e. The fourth-order valence-electron chi connectivity index (χ4n) is 2.18. The van der Waals surface area contributed by atoms with Crippen LogP contribution in [0.15, 0.2) is 40.2 Å². The molecule has 2 heterocycles. The Morgan fingerprint density at radius 1 is 1.27 bits per heavy atom. The Kier molecular flexibility index (Phi) is 3.77. The molecule has 0 aliphatic carbocycles. The number of rotatable bonds is 3. The van der Waals surface area contributed by atoms with Gasteiger partial charge in [0.15, 0.2) is 0 Å². The summed E-state index contributed by atoms with van der Waals surface area (Å²) in [5, 5.41) is 4.85. The number of anilines is 1. The summed E-state index contributed by atoms with van der Waals surface area (Å²) in [4.78, 5) is 18.8. The Morgan fingerprint density at radius 3 is 2.73 bits per heavy atom. The highest BCUT2D eigenvalue weighted by molar-refractivity contribution is 7.18. The van der Waals surface area contributed by atoms with Crippen LogP contribution in [0.25, 0.3) is 10.2 Å². The highest BCUT2D eigenvalue weighted by Gasteiger charge is 2.14. The number of nitrogens with zero attached hydrogens (tertiary/aromatic N) is 3. The van der Waals surface area contributed by atoms with Gasteiger partial charge in [0.1, 0.15) is 4.83 Å². The maximum absolute atomic E-state index is 12.5. The molecule has 0 aliphatic heterocycles. The number of hydrogen-bond acceptors (Lipinski definition) is 5. The average Bonchev–Trinajstić information content (AvgIpc) is 2.80. The van der Waals surface area contributed by atoms with Crippen LogP contribution >= 0.6 is 11.3 Å². The van der Waals surface area contributed by atoms with E-state index in [-0.39, 0.29) is 5.56 Å². The van der Waals surface area contributed by atoms with Crippen molar-refractivity contribution in [2.75, 3.05) is 5.43 Å². The third-order valence-electron chi connectivity index (χ3n) is 3.59. The number of benzene rings is 1. The summed E-state index contributed by atoms with van der Waals surface area (Å²) < 4.78 is 1.49. The molecular formula is C16H16N4OS. The molecule has 0 saturated carbocycles. The van der Waals surface area contributed by atoms with E-state index in [2.05, 4.69) is 15.5 Å². The van der Waals surface area contributed by atoms with Gasteiger partial charge in [-0.15, -0.1) is 11.3 Å². The predicted octanol–water partition coefficient (Wildman–Crippen LogP) is 3.06. The molecule has 112 valence electrons. The minimum absolute atomic E-state index is 0.0516. The molecular weight excluding hydrogens is 296 g/mol. The number of hydrogen-bond donors (Lipinski definition) is 1. The summed E-state index contributed by atoms with van der Waals surface area (Å²) in [6.45, 7) is 3.96. The molecule has 0 spiro atoms. The quantitative estimate of drug-likeness (QED) is 0.597. The second-order valence-electron chi connectivity index (χ2n) is 5.04. The molecule has 0 atom stereocenters. The van der Waals surface area contributed by atoms with Gasteiger partial charge in [0.05, 0.1) is 11.6 Å². The standard InChI is InChI=1S/C16H16N4OS/c1-10-11(2)22-14-13(10)15(21)20(3)16(18-14)19-17-9-12-7-5-4-6-8-12/h4-9H,1-3H3,(H,18,19). The summed E-state index contributed by atoms with van der Waals surface area (Å²) in [5.41, 5.74) is 4.78. The Bertz CT molecular complexity index is 909. The highest BCUT2D eigenvalue weighted by Crippen LogP contribution is 2.26. The van der Waals surface area contributed by atoms with Crippen LogP contribution < -0.4 is 11.0 Å². The van der Waals surface area contributed by atoms with Gasteiger partial charge in [-0.1, -0.05) is 30.3 Å². The lowest BCUT2D eigenvalue weighted by molar-refractivity contribution is 0.847. The molecule has 1 aromatic carbocycles. The van der Waals surface area contributed by atoms with Crippen LogP contribution in [-0.2, 0) is 7.05 Å². The van der Waals surface area contributed by atoms with E-state index in [0.717, 1.165) is 20.8 Å². The molecule has 0 saturated heterocycles. The number of aryl methyl sites for hydroxylation is 2. The van der Waals surface area contributed by atoms with Crippen LogP contribution in [0.2, 0.25) is 0 Å². The zero-order chi connectivity index (χ0) is 15.7. The fourth-order valence-corrected chi connectivity index (χ4v) is 3.20. The summed E-state index contributed by atoms with van der Waals surface area (Å²) in [5.74, 6) is 0.436.